The summed E-state index contributed by atoms with van der Waals surface area (Å²) in [7, 11) is 1.63. The molecule has 2 rings (SSSR count). The zero-order valence-corrected chi connectivity index (χ0v) is 13.7. The summed E-state index contributed by atoms with van der Waals surface area (Å²) in [5.74, 6) is 1.43. The van der Waals surface area contributed by atoms with Gasteiger partial charge in [0.1, 0.15) is 5.01 Å². The first kappa shape index (κ1) is 15.8. The quantitative estimate of drug-likeness (QED) is 0.881. The van der Waals surface area contributed by atoms with Gasteiger partial charge in [0.15, 0.2) is 11.5 Å². The highest BCUT2D eigenvalue weighted by molar-refractivity contribution is 7.15. The summed E-state index contributed by atoms with van der Waals surface area (Å²) in [6, 6.07) is 5.76. The first-order chi connectivity index (χ1) is 9.95. The van der Waals surface area contributed by atoms with Crippen LogP contribution in [0.25, 0.3) is 10.6 Å². The average Bonchev–Trinajstić information content (AvgIpc) is 2.94. The first-order valence-corrected chi connectivity index (χ1v) is 7.77. The molecule has 1 aromatic carbocycles. The number of rotatable bonds is 6. The number of benzene rings is 1. The molecule has 0 aliphatic rings. The van der Waals surface area contributed by atoms with Gasteiger partial charge in [-0.1, -0.05) is 6.92 Å². The molecule has 0 aliphatic carbocycles. The van der Waals surface area contributed by atoms with Crippen molar-refractivity contribution in [2.24, 2.45) is 0 Å². The molecule has 0 bridgehead atoms. The van der Waals surface area contributed by atoms with Gasteiger partial charge in [0.25, 0.3) is 0 Å². The molecule has 4 nitrogen and oxygen atoms in total. The zero-order valence-electron chi connectivity index (χ0n) is 12.8. The number of nitrogens with zero attached hydrogens (tertiary/aromatic N) is 1. The lowest BCUT2D eigenvalue weighted by Crippen LogP contribution is -2.12. The minimum absolute atomic E-state index is 0.645. The van der Waals surface area contributed by atoms with E-state index >= 15 is 0 Å². The molecule has 5 heteroatoms. The fourth-order valence-corrected chi connectivity index (χ4v) is 2.74. The SMILES string of the molecule is CCCOc1cc(-c2ncc(C(C)(C)O)s2)ccc1OC. The summed E-state index contributed by atoms with van der Waals surface area (Å²) in [4.78, 5) is 5.23. The van der Waals surface area contributed by atoms with Gasteiger partial charge in [-0.15, -0.1) is 11.3 Å². The number of methoxy groups -OCH3 is 1. The van der Waals surface area contributed by atoms with E-state index in [0.717, 1.165) is 27.6 Å². The van der Waals surface area contributed by atoms with E-state index in [1.54, 1.807) is 27.2 Å². The lowest BCUT2D eigenvalue weighted by Gasteiger charge is -2.13. The van der Waals surface area contributed by atoms with E-state index in [1.807, 2.05) is 18.2 Å². The van der Waals surface area contributed by atoms with Crippen LogP contribution in [-0.2, 0) is 5.60 Å². The Morgan fingerprint density at radius 1 is 1.29 bits per heavy atom. The van der Waals surface area contributed by atoms with E-state index in [0.29, 0.717) is 12.4 Å². The van der Waals surface area contributed by atoms with Crippen LogP contribution in [0.3, 0.4) is 0 Å². The molecular weight excluding hydrogens is 286 g/mol. The molecule has 114 valence electrons. The van der Waals surface area contributed by atoms with E-state index < -0.39 is 5.60 Å². The first-order valence-electron chi connectivity index (χ1n) is 6.95. The number of aliphatic hydroxyl groups is 1. The third kappa shape index (κ3) is 3.74. The third-order valence-corrected chi connectivity index (χ3v) is 4.34. The number of hydrogen-bond donors (Lipinski definition) is 1. The normalized spacial score (nSPS) is 11.5. The van der Waals surface area contributed by atoms with Gasteiger partial charge >= 0.3 is 0 Å². The summed E-state index contributed by atoms with van der Waals surface area (Å²) < 4.78 is 11.0. The second-order valence-electron chi connectivity index (χ2n) is 5.30. The predicted molar refractivity (Wildman–Crippen MR) is 85.1 cm³/mol. The standard InChI is InChI=1S/C16H21NO3S/c1-5-8-20-13-9-11(6-7-12(13)19-4)15-17-10-14(21-15)16(2,3)18/h6-7,9-10,18H,5,8H2,1-4H3. The van der Waals surface area contributed by atoms with Crippen LogP contribution < -0.4 is 9.47 Å². The van der Waals surface area contributed by atoms with Crippen LogP contribution in [0.4, 0.5) is 0 Å². The molecule has 2 aromatic rings. The molecule has 0 fully saturated rings. The average molecular weight is 307 g/mol. The minimum Gasteiger partial charge on any atom is -0.493 e. The van der Waals surface area contributed by atoms with Gasteiger partial charge in [0.05, 0.1) is 24.2 Å². The van der Waals surface area contributed by atoms with Crippen molar-refractivity contribution in [2.75, 3.05) is 13.7 Å². The second-order valence-corrected chi connectivity index (χ2v) is 6.33. The molecule has 1 aromatic heterocycles. The highest BCUT2D eigenvalue weighted by Crippen LogP contribution is 2.36. The number of hydrogen-bond acceptors (Lipinski definition) is 5. The van der Waals surface area contributed by atoms with Crippen molar-refractivity contribution < 1.29 is 14.6 Å². The maximum Gasteiger partial charge on any atom is 0.161 e. The monoisotopic (exact) mass is 307 g/mol. The number of aromatic nitrogens is 1. The molecule has 0 saturated carbocycles. The van der Waals surface area contributed by atoms with Crippen molar-refractivity contribution in [3.63, 3.8) is 0 Å². The van der Waals surface area contributed by atoms with Crippen molar-refractivity contribution >= 4 is 11.3 Å². The number of thiazole rings is 1. The second kappa shape index (κ2) is 6.45. The van der Waals surface area contributed by atoms with E-state index in [2.05, 4.69) is 11.9 Å². The Balaban J connectivity index is 2.33. The fourth-order valence-electron chi connectivity index (χ4n) is 1.82. The zero-order chi connectivity index (χ0) is 15.5. The Labute approximate surface area is 129 Å². The Morgan fingerprint density at radius 3 is 2.62 bits per heavy atom. The predicted octanol–water partition coefficient (Wildman–Crippen LogP) is 3.83. The fraction of sp³-hybridized carbons (Fsp3) is 0.438. The molecular formula is C16H21NO3S. The Bertz CT molecular complexity index is 602. The molecule has 0 spiro atoms. The molecule has 0 radical (unpaired) electrons. The molecule has 0 amide bonds. The summed E-state index contributed by atoms with van der Waals surface area (Å²) >= 11 is 1.48. The maximum absolute atomic E-state index is 10.0. The largest absolute Gasteiger partial charge is 0.493 e. The van der Waals surface area contributed by atoms with Gasteiger partial charge < -0.3 is 14.6 Å². The van der Waals surface area contributed by atoms with Crippen LogP contribution in [0.1, 0.15) is 32.1 Å². The summed E-state index contributed by atoms with van der Waals surface area (Å²) in [6.07, 6.45) is 2.66. The lowest BCUT2D eigenvalue weighted by molar-refractivity contribution is 0.0823. The van der Waals surface area contributed by atoms with Crippen molar-refractivity contribution in [3.8, 4) is 22.1 Å². The molecule has 0 aliphatic heterocycles. The van der Waals surface area contributed by atoms with Crippen LogP contribution in [0, 0.1) is 0 Å². The molecule has 0 saturated heterocycles. The van der Waals surface area contributed by atoms with Gasteiger partial charge in [-0.25, -0.2) is 4.98 Å². The van der Waals surface area contributed by atoms with Crippen LogP contribution in [0.15, 0.2) is 24.4 Å². The van der Waals surface area contributed by atoms with E-state index in [4.69, 9.17) is 9.47 Å². The molecule has 1 N–H and O–H groups in total. The summed E-state index contributed by atoms with van der Waals surface area (Å²) in [5, 5.41) is 10.9. The molecule has 0 atom stereocenters. The summed E-state index contributed by atoms with van der Waals surface area (Å²) in [6.45, 7) is 6.22. The smallest absolute Gasteiger partial charge is 0.161 e. The summed E-state index contributed by atoms with van der Waals surface area (Å²) in [5.41, 5.74) is 0.0895. The van der Waals surface area contributed by atoms with E-state index in [-0.39, 0.29) is 0 Å². The van der Waals surface area contributed by atoms with Crippen molar-refractivity contribution in [2.45, 2.75) is 32.8 Å². The third-order valence-electron chi connectivity index (χ3n) is 2.98. The minimum atomic E-state index is -0.871. The van der Waals surface area contributed by atoms with Crippen molar-refractivity contribution in [3.05, 3.63) is 29.3 Å². The van der Waals surface area contributed by atoms with Crippen molar-refractivity contribution in [1.82, 2.24) is 4.98 Å². The Morgan fingerprint density at radius 2 is 2.05 bits per heavy atom. The van der Waals surface area contributed by atoms with Gasteiger partial charge in [0.2, 0.25) is 0 Å². The van der Waals surface area contributed by atoms with Crippen molar-refractivity contribution in [1.29, 1.82) is 0 Å². The Hall–Kier alpha value is -1.59. The van der Waals surface area contributed by atoms with Gasteiger partial charge in [-0.2, -0.15) is 0 Å². The molecule has 21 heavy (non-hydrogen) atoms. The van der Waals surface area contributed by atoms with Crippen LogP contribution in [-0.4, -0.2) is 23.8 Å². The van der Waals surface area contributed by atoms with E-state index in [1.165, 1.54) is 11.3 Å². The highest BCUT2D eigenvalue weighted by atomic mass is 32.1. The molecule has 0 unspecified atom stereocenters. The van der Waals surface area contributed by atoms with Crippen LogP contribution in [0.2, 0.25) is 0 Å². The topological polar surface area (TPSA) is 51.6 Å². The van der Waals surface area contributed by atoms with Gasteiger partial charge in [0, 0.05) is 11.8 Å². The van der Waals surface area contributed by atoms with Gasteiger partial charge in [-0.05, 0) is 38.5 Å². The lowest BCUT2D eigenvalue weighted by atomic mass is 10.1. The molecule has 1 heterocycles. The number of ether oxygens (including phenoxy) is 2. The van der Waals surface area contributed by atoms with Gasteiger partial charge in [-0.3, -0.25) is 0 Å². The highest BCUT2D eigenvalue weighted by Gasteiger charge is 2.20. The van der Waals surface area contributed by atoms with E-state index in [9.17, 15) is 5.11 Å². The van der Waals surface area contributed by atoms with Crippen LogP contribution >= 0.6 is 11.3 Å². The maximum atomic E-state index is 10.0. The Kier molecular flexibility index (Phi) is 4.85. The van der Waals surface area contributed by atoms with Crippen LogP contribution in [0.5, 0.6) is 11.5 Å².